The molecule has 1 aromatic rings. The summed E-state index contributed by atoms with van der Waals surface area (Å²) in [5.41, 5.74) is 1.08. The summed E-state index contributed by atoms with van der Waals surface area (Å²) in [7, 11) is 0. The molecule has 1 aromatic heterocycles. The smallest absolute Gasteiger partial charge is 0.137 e. The van der Waals surface area contributed by atoms with Gasteiger partial charge in [0.05, 0.1) is 25.1 Å². The fourth-order valence-corrected chi connectivity index (χ4v) is 2.07. The molecule has 1 aliphatic carbocycles. The van der Waals surface area contributed by atoms with E-state index in [4.69, 9.17) is 9.47 Å². The van der Waals surface area contributed by atoms with Crippen LogP contribution in [0.1, 0.15) is 25.0 Å². The van der Waals surface area contributed by atoms with E-state index in [1.54, 1.807) is 0 Å². The minimum absolute atomic E-state index is 0.543. The van der Waals surface area contributed by atoms with E-state index in [-0.39, 0.29) is 0 Å². The molecule has 0 radical (unpaired) electrons. The average molecular weight is 248 g/mol. The van der Waals surface area contributed by atoms with E-state index in [1.165, 1.54) is 12.8 Å². The number of hydrogen-bond donors (Lipinski definition) is 1. The molecule has 2 aliphatic rings. The minimum atomic E-state index is 0.543. The first-order valence-corrected chi connectivity index (χ1v) is 6.79. The Balaban J connectivity index is 1.44. The normalized spacial score (nSPS) is 23.2. The topological polar surface area (TPSA) is 43.4 Å². The number of rotatable bonds is 6. The Morgan fingerprint density at radius 2 is 2.28 bits per heavy atom. The van der Waals surface area contributed by atoms with Gasteiger partial charge in [0.25, 0.3) is 0 Å². The largest absolute Gasteiger partial charge is 0.492 e. The summed E-state index contributed by atoms with van der Waals surface area (Å²) in [6.45, 7) is 3.30. The zero-order valence-corrected chi connectivity index (χ0v) is 10.6. The highest BCUT2D eigenvalue weighted by molar-refractivity contribution is 5.20. The lowest BCUT2D eigenvalue weighted by Crippen LogP contribution is -2.16. The van der Waals surface area contributed by atoms with Crippen LogP contribution in [-0.2, 0) is 11.3 Å². The van der Waals surface area contributed by atoms with E-state index in [0.717, 1.165) is 50.3 Å². The van der Waals surface area contributed by atoms with Crippen molar-refractivity contribution in [3.05, 3.63) is 24.0 Å². The van der Waals surface area contributed by atoms with Crippen molar-refractivity contribution in [1.82, 2.24) is 10.3 Å². The molecule has 4 nitrogen and oxygen atoms in total. The Labute approximate surface area is 108 Å². The summed E-state index contributed by atoms with van der Waals surface area (Å²) >= 11 is 0. The van der Waals surface area contributed by atoms with Gasteiger partial charge in [0.2, 0.25) is 0 Å². The van der Waals surface area contributed by atoms with Crippen LogP contribution < -0.4 is 10.1 Å². The molecule has 1 aliphatic heterocycles. The Hall–Kier alpha value is -1.13. The minimum Gasteiger partial charge on any atom is -0.492 e. The van der Waals surface area contributed by atoms with Crippen molar-refractivity contribution in [2.75, 3.05) is 19.8 Å². The van der Waals surface area contributed by atoms with E-state index in [2.05, 4.69) is 10.3 Å². The molecule has 0 spiro atoms. The fourth-order valence-electron chi connectivity index (χ4n) is 2.07. The van der Waals surface area contributed by atoms with Gasteiger partial charge < -0.3 is 14.8 Å². The molecule has 2 heterocycles. The standard InChI is InChI=1S/C14H20N2O2/c1-2-12(1)15-7-13-3-4-14(8-16-13)18-10-11-5-6-17-9-11/h3-4,8,11-12,15H,1-2,5-7,9-10H2. The SMILES string of the molecule is c1cc(CNC2CC2)ncc1OCC1CCOC1. The average Bonchev–Trinajstić information content (AvgIpc) is 3.09. The summed E-state index contributed by atoms with van der Waals surface area (Å²) in [6.07, 6.45) is 5.55. The molecule has 0 aromatic carbocycles. The summed E-state index contributed by atoms with van der Waals surface area (Å²) in [6, 6.07) is 4.77. The van der Waals surface area contributed by atoms with Gasteiger partial charge >= 0.3 is 0 Å². The second-order valence-corrected chi connectivity index (χ2v) is 5.18. The molecule has 2 fully saturated rings. The molecule has 18 heavy (non-hydrogen) atoms. The molecule has 3 rings (SSSR count). The van der Waals surface area contributed by atoms with Gasteiger partial charge in [0, 0.05) is 25.1 Å². The molecular formula is C14H20N2O2. The van der Waals surface area contributed by atoms with Crippen LogP contribution in [-0.4, -0.2) is 30.8 Å². The van der Waals surface area contributed by atoms with Crippen molar-refractivity contribution in [3.8, 4) is 5.75 Å². The maximum absolute atomic E-state index is 5.72. The number of aromatic nitrogens is 1. The molecule has 1 atom stereocenters. The van der Waals surface area contributed by atoms with Crippen LogP contribution in [0.2, 0.25) is 0 Å². The van der Waals surface area contributed by atoms with Crippen molar-refractivity contribution in [2.24, 2.45) is 5.92 Å². The van der Waals surface area contributed by atoms with E-state index in [1.807, 2.05) is 18.3 Å². The van der Waals surface area contributed by atoms with Gasteiger partial charge in [-0.25, -0.2) is 0 Å². The Morgan fingerprint density at radius 1 is 1.33 bits per heavy atom. The molecule has 0 amide bonds. The predicted octanol–water partition coefficient (Wildman–Crippen LogP) is 1.75. The number of ether oxygens (including phenoxy) is 2. The second-order valence-electron chi connectivity index (χ2n) is 5.18. The summed E-state index contributed by atoms with van der Waals surface area (Å²) in [5, 5.41) is 3.45. The van der Waals surface area contributed by atoms with Crippen LogP contribution in [0, 0.1) is 5.92 Å². The van der Waals surface area contributed by atoms with Gasteiger partial charge in [-0.2, -0.15) is 0 Å². The molecule has 1 N–H and O–H groups in total. The van der Waals surface area contributed by atoms with Gasteiger partial charge in [-0.05, 0) is 31.4 Å². The molecule has 98 valence electrons. The van der Waals surface area contributed by atoms with Crippen molar-refractivity contribution < 1.29 is 9.47 Å². The third kappa shape index (κ3) is 3.43. The van der Waals surface area contributed by atoms with Gasteiger partial charge in [-0.3, -0.25) is 4.98 Å². The first-order valence-electron chi connectivity index (χ1n) is 6.79. The summed E-state index contributed by atoms with van der Waals surface area (Å²) < 4.78 is 11.0. The van der Waals surface area contributed by atoms with Gasteiger partial charge in [-0.15, -0.1) is 0 Å². The first-order chi connectivity index (χ1) is 8.90. The maximum Gasteiger partial charge on any atom is 0.137 e. The highest BCUT2D eigenvalue weighted by Crippen LogP contribution is 2.19. The van der Waals surface area contributed by atoms with Gasteiger partial charge in [0.15, 0.2) is 0 Å². The van der Waals surface area contributed by atoms with Gasteiger partial charge in [-0.1, -0.05) is 0 Å². The third-order valence-electron chi connectivity index (χ3n) is 3.46. The van der Waals surface area contributed by atoms with Crippen LogP contribution in [0.5, 0.6) is 5.75 Å². The monoisotopic (exact) mass is 248 g/mol. The lowest BCUT2D eigenvalue weighted by molar-refractivity contribution is 0.167. The van der Waals surface area contributed by atoms with E-state index >= 15 is 0 Å². The van der Waals surface area contributed by atoms with Crippen molar-refractivity contribution in [1.29, 1.82) is 0 Å². The van der Waals surface area contributed by atoms with E-state index < -0.39 is 0 Å². The Bertz CT molecular complexity index is 370. The van der Waals surface area contributed by atoms with Crippen LogP contribution in [0.15, 0.2) is 18.3 Å². The molecule has 0 bridgehead atoms. The lowest BCUT2D eigenvalue weighted by Gasteiger charge is -2.10. The van der Waals surface area contributed by atoms with E-state index in [9.17, 15) is 0 Å². The van der Waals surface area contributed by atoms with Crippen LogP contribution in [0.4, 0.5) is 0 Å². The molecule has 1 saturated carbocycles. The van der Waals surface area contributed by atoms with Crippen LogP contribution >= 0.6 is 0 Å². The highest BCUT2D eigenvalue weighted by atomic mass is 16.5. The number of nitrogens with zero attached hydrogens (tertiary/aromatic N) is 1. The Morgan fingerprint density at radius 3 is 2.94 bits per heavy atom. The molecule has 1 saturated heterocycles. The highest BCUT2D eigenvalue weighted by Gasteiger charge is 2.20. The number of nitrogens with one attached hydrogen (secondary N) is 1. The molecule has 4 heteroatoms. The van der Waals surface area contributed by atoms with Crippen LogP contribution in [0.3, 0.4) is 0 Å². The van der Waals surface area contributed by atoms with Crippen molar-refractivity contribution in [3.63, 3.8) is 0 Å². The summed E-state index contributed by atoms with van der Waals surface area (Å²) in [5.74, 6) is 1.40. The summed E-state index contributed by atoms with van der Waals surface area (Å²) in [4.78, 5) is 4.40. The van der Waals surface area contributed by atoms with Crippen LogP contribution in [0.25, 0.3) is 0 Å². The fraction of sp³-hybridized carbons (Fsp3) is 0.643. The van der Waals surface area contributed by atoms with Crippen molar-refractivity contribution in [2.45, 2.75) is 31.8 Å². The maximum atomic E-state index is 5.72. The van der Waals surface area contributed by atoms with Gasteiger partial charge in [0.1, 0.15) is 5.75 Å². The molecular weight excluding hydrogens is 228 g/mol. The molecule has 1 unspecified atom stereocenters. The Kier molecular flexibility index (Phi) is 3.76. The second kappa shape index (κ2) is 5.67. The quantitative estimate of drug-likeness (QED) is 0.833. The zero-order valence-electron chi connectivity index (χ0n) is 10.6. The lowest BCUT2D eigenvalue weighted by atomic mass is 10.1. The van der Waals surface area contributed by atoms with Crippen molar-refractivity contribution >= 4 is 0 Å². The zero-order chi connectivity index (χ0) is 12.2. The first kappa shape index (κ1) is 11.9. The predicted molar refractivity (Wildman–Crippen MR) is 68.5 cm³/mol. The number of pyridine rings is 1. The third-order valence-corrected chi connectivity index (χ3v) is 3.46. The number of hydrogen-bond acceptors (Lipinski definition) is 4. The van der Waals surface area contributed by atoms with E-state index in [0.29, 0.717) is 5.92 Å².